The van der Waals surface area contributed by atoms with Gasteiger partial charge >= 0.3 is 0 Å². The molecule has 120 valence electrons. The summed E-state index contributed by atoms with van der Waals surface area (Å²) in [6.45, 7) is 9.38. The number of sulfonamides is 1. The standard InChI is InChI=1S/C14H25N3O2S2/c1-4-16-21(18,19)12-7-8-13(15)14(11-12)20-10-9-17(5-2)6-3/h7-8,11,16H,4-6,9-10,15H2,1-3H3. The molecule has 21 heavy (non-hydrogen) atoms. The Labute approximate surface area is 132 Å². The van der Waals surface area contributed by atoms with Crippen molar-refractivity contribution in [3.63, 3.8) is 0 Å². The summed E-state index contributed by atoms with van der Waals surface area (Å²) in [5, 5.41) is 0. The van der Waals surface area contributed by atoms with Gasteiger partial charge in [0.15, 0.2) is 0 Å². The normalized spacial score (nSPS) is 12.0. The number of thioether (sulfide) groups is 1. The number of hydrogen-bond donors (Lipinski definition) is 2. The van der Waals surface area contributed by atoms with Crippen LogP contribution in [-0.4, -0.2) is 45.2 Å². The van der Waals surface area contributed by atoms with E-state index in [1.165, 1.54) is 0 Å². The number of benzene rings is 1. The molecule has 5 nitrogen and oxygen atoms in total. The number of anilines is 1. The zero-order chi connectivity index (χ0) is 15.9. The lowest BCUT2D eigenvalue weighted by Gasteiger charge is -2.17. The van der Waals surface area contributed by atoms with Crippen molar-refractivity contribution in [2.75, 3.05) is 37.7 Å². The molecule has 0 spiro atoms. The highest BCUT2D eigenvalue weighted by Crippen LogP contribution is 2.27. The minimum Gasteiger partial charge on any atom is -0.398 e. The van der Waals surface area contributed by atoms with Crippen LogP contribution in [0.2, 0.25) is 0 Å². The van der Waals surface area contributed by atoms with Gasteiger partial charge in [-0.2, -0.15) is 0 Å². The van der Waals surface area contributed by atoms with Gasteiger partial charge < -0.3 is 10.6 Å². The Morgan fingerprint density at radius 1 is 1.24 bits per heavy atom. The van der Waals surface area contributed by atoms with Crippen molar-refractivity contribution in [1.29, 1.82) is 0 Å². The van der Waals surface area contributed by atoms with E-state index in [0.717, 1.165) is 30.3 Å². The summed E-state index contributed by atoms with van der Waals surface area (Å²) >= 11 is 1.60. The topological polar surface area (TPSA) is 75.4 Å². The molecule has 1 aromatic rings. The highest BCUT2D eigenvalue weighted by atomic mass is 32.2. The van der Waals surface area contributed by atoms with Gasteiger partial charge in [-0.25, -0.2) is 13.1 Å². The highest BCUT2D eigenvalue weighted by molar-refractivity contribution is 7.99. The molecule has 0 fully saturated rings. The largest absolute Gasteiger partial charge is 0.398 e. The summed E-state index contributed by atoms with van der Waals surface area (Å²) in [6.07, 6.45) is 0. The Balaban J connectivity index is 2.79. The highest BCUT2D eigenvalue weighted by Gasteiger charge is 2.14. The van der Waals surface area contributed by atoms with Crippen LogP contribution in [0.1, 0.15) is 20.8 Å². The van der Waals surface area contributed by atoms with Gasteiger partial charge in [0, 0.05) is 29.4 Å². The summed E-state index contributed by atoms with van der Waals surface area (Å²) in [6, 6.07) is 4.85. The second kappa shape index (κ2) is 8.63. The average Bonchev–Trinajstić information content (AvgIpc) is 2.45. The molecule has 1 rings (SSSR count). The van der Waals surface area contributed by atoms with Gasteiger partial charge in [0.25, 0.3) is 0 Å². The summed E-state index contributed by atoms with van der Waals surface area (Å²) in [5.41, 5.74) is 6.56. The monoisotopic (exact) mass is 331 g/mol. The predicted octanol–water partition coefficient (Wildman–Crippen LogP) is 2.00. The quantitative estimate of drug-likeness (QED) is 0.535. The van der Waals surface area contributed by atoms with Gasteiger partial charge in [0.2, 0.25) is 10.0 Å². The van der Waals surface area contributed by atoms with Crippen molar-refractivity contribution in [3.05, 3.63) is 18.2 Å². The van der Waals surface area contributed by atoms with E-state index in [1.807, 2.05) is 0 Å². The summed E-state index contributed by atoms with van der Waals surface area (Å²) in [5.74, 6) is 0.886. The lowest BCUT2D eigenvalue weighted by atomic mass is 10.3. The van der Waals surface area contributed by atoms with Gasteiger partial charge in [-0.1, -0.05) is 20.8 Å². The van der Waals surface area contributed by atoms with Crippen molar-refractivity contribution < 1.29 is 8.42 Å². The van der Waals surface area contributed by atoms with E-state index in [2.05, 4.69) is 23.5 Å². The van der Waals surface area contributed by atoms with E-state index >= 15 is 0 Å². The molecular weight excluding hydrogens is 306 g/mol. The Morgan fingerprint density at radius 3 is 2.48 bits per heavy atom. The molecule has 0 aliphatic carbocycles. The van der Waals surface area contributed by atoms with Crippen molar-refractivity contribution in [1.82, 2.24) is 9.62 Å². The number of nitrogen functional groups attached to an aromatic ring is 1. The van der Waals surface area contributed by atoms with E-state index in [0.29, 0.717) is 12.2 Å². The first-order chi connectivity index (χ1) is 9.94. The molecule has 7 heteroatoms. The first kappa shape index (κ1) is 18.3. The van der Waals surface area contributed by atoms with Crippen LogP contribution >= 0.6 is 11.8 Å². The number of nitrogens with two attached hydrogens (primary N) is 1. The molecule has 0 amide bonds. The summed E-state index contributed by atoms with van der Waals surface area (Å²) < 4.78 is 26.5. The Kier molecular flexibility index (Phi) is 7.51. The zero-order valence-electron chi connectivity index (χ0n) is 12.9. The lowest BCUT2D eigenvalue weighted by Crippen LogP contribution is -2.25. The van der Waals surface area contributed by atoms with Crippen LogP contribution in [0.25, 0.3) is 0 Å². The SMILES string of the molecule is CCNS(=O)(=O)c1ccc(N)c(SCCN(CC)CC)c1. The van der Waals surface area contributed by atoms with Crippen LogP contribution < -0.4 is 10.5 Å². The Hall–Kier alpha value is -0.760. The molecule has 0 bridgehead atoms. The third kappa shape index (κ3) is 5.50. The number of rotatable bonds is 9. The number of nitrogens with one attached hydrogen (secondary N) is 1. The molecule has 0 aliphatic heterocycles. The van der Waals surface area contributed by atoms with Crippen molar-refractivity contribution in [2.45, 2.75) is 30.6 Å². The lowest BCUT2D eigenvalue weighted by molar-refractivity contribution is 0.324. The fraction of sp³-hybridized carbons (Fsp3) is 0.571. The van der Waals surface area contributed by atoms with E-state index in [9.17, 15) is 8.42 Å². The molecule has 3 N–H and O–H groups in total. The van der Waals surface area contributed by atoms with Crippen LogP contribution in [0.15, 0.2) is 28.0 Å². The van der Waals surface area contributed by atoms with E-state index in [4.69, 9.17) is 5.73 Å². The summed E-state index contributed by atoms with van der Waals surface area (Å²) in [7, 11) is -3.43. The first-order valence-electron chi connectivity index (χ1n) is 7.18. The maximum atomic E-state index is 12.0. The molecule has 0 atom stereocenters. The molecule has 0 heterocycles. The molecule has 0 unspecified atom stereocenters. The zero-order valence-corrected chi connectivity index (χ0v) is 14.6. The molecular formula is C14H25N3O2S2. The second-order valence-electron chi connectivity index (χ2n) is 4.58. The Bertz CT molecular complexity index is 543. The van der Waals surface area contributed by atoms with Gasteiger partial charge in [0.1, 0.15) is 0 Å². The molecule has 1 aromatic carbocycles. The minimum atomic E-state index is -3.43. The fourth-order valence-electron chi connectivity index (χ4n) is 1.90. The Morgan fingerprint density at radius 2 is 1.90 bits per heavy atom. The van der Waals surface area contributed by atoms with E-state index in [1.54, 1.807) is 36.9 Å². The predicted molar refractivity (Wildman–Crippen MR) is 90.2 cm³/mol. The smallest absolute Gasteiger partial charge is 0.240 e. The van der Waals surface area contributed by atoms with Crippen molar-refractivity contribution >= 4 is 27.5 Å². The molecule has 0 radical (unpaired) electrons. The molecule has 0 aromatic heterocycles. The van der Waals surface area contributed by atoms with Crippen LogP contribution in [0.4, 0.5) is 5.69 Å². The van der Waals surface area contributed by atoms with E-state index in [-0.39, 0.29) is 4.90 Å². The van der Waals surface area contributed by atoms with Crippen LogP contribution in [-0.2, 0) is 10.0 Å². The maximum Gasteiger partial charge on any atom is 0.240 e. The van der Waals surface area contributed by atoms with Gasteiger partial charge in [-0.15, -0.1) is 11.8 Å². The van der Waals surface area contributed by atoms with Crippen molar-refractivity contribution in [3.8, 4) is 0 Å². The van der Waals surface area contributed by atoms with Crippen molar-refractivity contribution in [2.24, 2.45) is 0 Å². The third-order valence-corrected chi connectivity index (χ3v) is 5.78. The number of hydrogen-bond acceptors (Lipinski definition) is 5. The minimum absolute atomic E-state index is 0.267. The van der Waals surface area contributed by atoms with Crippen LogP contribution in [0.5, 0.6) is 0 Å². The summed E-state index contributed by atoms with van der Waals surface area (Å²) in [4.78, 5) is 3.41. The molecule has 0 saturated carbocycles. The van der Waals surface area contributed by atoms with Gasteiger partial charge in [-0.3, -0.25) is 0 Å². The van der Waals surface area contributed by atoms with Crippen LogP contribution in [0, 0.1) is 0 Å². The fourth-order valence-corrected chi connectivity index (χ4v) is 4.06. The van der Waals surface area contributed by atoms with E-state index < -0.39 is 10.0 Å². The number of nitrogens with zero attached hydrogens (tertiary/aromatic N) is 1. The van der Waals surface area contributed by atoms with Crippen LogP contribution in [0.3, 0.4) is 0 Å². The average molecular weight is 332 g/mol. The third-order valence-electron chi connectivity index (χ3n) is 3.19. The van der Waals surface area contributed by atoms with Gasteiger partial charge in [-0.05, 0) is 31.3 Å². The first-order valence-corrected chi connectivity index (χ1v) is 9.65. The molecule has 0 aliphatic rings. The second-order valence-corrected chi connectivity index (χ2v) is 7.48. The molecule has 0 saturated heterocycles. The van der Waals surface area contributed by atoms with Gasteiger partial charge in [0.05, 0.1) is 4.90 Å². The maximum absolute atomic E-state index is 12.0.